The number of nitrogens with zero attached hydrogens (tertiary/aromatic N) is 1. The molecule has 0 spiro atoms. The van der Waals surface area contributed by atoms with Gasteiger partial charge in [0.25, 0.3) is 0 Å². The van der Waals surface area contributed by atoms with E-state index in [9.17, 15) is 14.0 Å². The minimum Gasteiger partial charge on any atom is -0.464 e. The van der Waals surface area contributed by atoms with E-state index in [0.29, 0.717) is 12.5 Å². The van der Waals surface area contributed by atoms with Crippen LogP contribution in [-0.2, 0) is 0 Å². The van der Waals surface area contributed by atoms with Crippen molar-refractivity contribution in [3.8, 4) is 0 Å². The average molecular weight is 365 g/mol. The third kappa shape index (κ3) is 3.69. The lowest BCUT2D eigenvalue weighted by Gasteiger charge is -2.16. The monoisotopic (exact) mass is 365 g/mol. The molecule has 5 heteroatoms. The number of hydrogen-bond acceptors (Lipinski definition) is 4. The Morgan fingerprint density at radius 3 is 2.81 bits per heavy atom. The first kappa shape index (κ1) is 17.6. The molecule has 27 heavy (non-hydrogen) atoms. The van der Waals surface area contributed by atoms with Gasteiger partial charge in [-0.2, -0.15) is 0 Å². The molecule has 3 aromatic rings. The van der Waals surface area contributed by atoms with Gasteiger partial charge in [-0.25, -0.2) is 4.39 Å². The molecule has 4 rings (SSSR count). The fraction of sp³-hybridized carbons (Fsp3) is 0.273. The molecule has 4 nitrogen and oxygen atoms in total. The van der Waals surface area contributed by atoms with Gasteiger partial charge in [-0.1, -0.05) is 30.3 Å². The first-order valence-corrected chi connectivity index (χ1v) is 9.13. The van der Waals surface area contributed by atoms with Crippen LogP contribution >= 0.6 is 0 Å². The lowest BCUT2D eigenvalue weighted by Crippen LogP contribution is -2.24. The van der Waals surface area contributed by atoms with E-state index in [1.54, 1.807) is 0 Å². The van der Waals surface area contributed by atoms with Crippen molar-refractivity contribution >= 4 is 16.8 Å². The maximum Gasteiger partial charge on any atom is 0.192 e. The van der Waals surface area contributed by atoms with Crippen LogP contribution in [0.1, 0.15) is 34.7 Å². The highest BCUT2D eigenvalue weighted by atomic mass is 19.1. The normalized spacial score (nSPS) is 17.4. The summed E-state index contributed by atoms with van der Waals surface area (Å²) in [4.78, 5) is 26.7. The van der Waals surface area contributed by atoms with Crippen LogP contribution in [-0.4, -0.2) is 30.3 Å². The molecule has 1 aliphatic heterocycles. The standard InChI is InChI=1S/C22H20FNO3/c23-19-13-22-18(21(26)8-11-27-22)12-17(19)20(25)7-10-24-9-6-16(14-24)15-4-2-1-3-5-15/h1-5,8,11-13,16H,6-7,9-10,14H2. The zero-order valence-corrected chi connectivity index (χ0v) is 14.9. The highest BCUT2D eigenvalue weighted by molar-refractivity contribution is 5.99. The van der Waals surface area contributed by atoms with Crippen LogP contribution in [0.3, 0.4) is 0 Å². The van der Waals surface area contributed by atoms with Crippen LogP contribution in [0.4, 0.5) is 4.39 Å². The number of carbonyl (C=O) groups is 1. The number of ketones is 1. The average Bonchev–Trinajstić information content (AvgIpc) is 3.16. The van der Waals surface area contributed by atoms with Gasteiger partial charge in [0.1, 0.15) is 11.4 Å². The Morgan fingerprint density at radius 2 is 2.00 bits per heavy atom. The Labute approximate surface area is 156 Å². The van der Waals surface area contributed by atoms with Gasteiger partial charge in [0.2, 0.25) is 0 Å². The van der Waals surface area contributed by atoms with Crippen LogP contribution in [0.25, 0.3) is 11.0 Å². The van der Waals surface area contributed by atoms with Gasteiger partial charge < -0.3 is 9.32 Å². The number of Topliss-reactive ketones (excluding diaryl/α,β-unsaturated/α-hetero) is 1. The predicted molar refractivity (Wildman–Crippen MR) is 102 cm³/mol. The van der Waals surface area contributed by atoms with Crippen LogP contribution in [0, 0.1) is 5.82 Å². The van der Waals surface area contributed by atoms with Crippen LogP contribution < -0.4 is 5.43 Å². The van der Waals surface area contributed by atoms with Gasteiger partial charge >= 0.3 is 0 Å². The molecule has 1 atom stereocenters. The molecule has 1 unspecified atom stereocenters. The number of fused-ring (bicyclic) bond motifs is 1. The van der Waals surface area contributed by atoms with E-state index in [4.69, 9.17) is 4.42 Å². The molecule has 0 amide bonds. The largest absolute Gasteiger partial charge is 0.464 e. The lowest BCUT2D eigenvalue weighted by atomic mass is 9.99. The van der Waals surface area contributed by atoms with Gasteiger partial charge in [-0.05, 0) is 30.5 Å². The second-order valence-corrected chi connectivity index (χ2v) is 6.98. The van der Waals surface area contributed by atoms with Gasteiger partial charge in [0.15, 0.2) is 11.2 Å². The molecule has 0 radical (unpaired) electrons. The van der Waals surface area contributed by atoms with E-state index < -0.39 is 5.82 Å². The van der Waals surface area contributed by atoms with Gasteiger partial charge in [0.05, 0.1) is 17.2 Å². The van der Waals surface area contributed by atoms with Crippen molar-refractivity contribution in [2.45, 2.75) is 18.8 Å². The summed E-state index contributed by atoms with van der Waals surface area (Å²) in [5.74, 6) is -0.463. The Bertz CT molecular complexity index is 1030. The Morgan fingerprint density at radius 1 is 1.19 bits per heavy atom. The number of halogens is 1. The minimum atomic E-state index is -0.648. The third-order valence-corrected chi connectivity index (χ3v) is 5.25. The van der Waals surface area contributed by atoms with Gasteiger partial charge in [-0.15, -0.1) is 0 Å². The van der Waals surface area contributed by atoms with Crippen molar-refractivity contribution in [3.05, 3.63) is 82.0 Å². The minimum absolute atomic E-state index is 0.0418. The highest BCUT2D eigenvalue weighted by Gasteiger charge is 2.24. The molecule has 2 heterocycles. The van der Waals surface area contributed by atoms with Crippen molar-refractivity contribution in [1.29, 1.82) is 0 Å². The van der Waals surface area contributed by atoms with E-state index in [1.807, 2.05) is 18.2 Å². The topological polar surface area (TPSA) is 50.5 Å². The summed E-state index contributed by atoms with van der Waals surface area (Å²) in [7, 11) is 0. The van der Waals surface area contributed by atoms with Crippen molar-refractivity contribution in [2.75, 3.05) is 19.6 Å². The molecule has 1 saturated heterocycles. The van der Waals surface area contributed by atoms with E-state index in [2.05, 4.69) is 17.0 Å². The fourth-order valence-corrected chi connectivity index (χ4v) is 3.75. The summed E-state index contributed by atoms with van der Waals surface area (Å²) in [6, 6.07) is 14.1. The molecule has 0 aliphatic carbocycles. The first-order valence-electron chi connectivity index (χ1n) is 9.13. The maximum atomic E-state index is 14.3. The number of benzene rings is 2. The van der Waals surface area contributed by atoms with Crippen molar-refractivity contribution in [2.24, 2.45) is 0 Å². The molecule has 0 N–H and O–H groups in total. The van der Waals surface area contributed by atoms with E-state index in [-0.39, 0.29) is 34.2 Å². The van der Waals surface area contributed by atoms with Crippen molar-refractivity contribution in [1.82, 2.24) is 4.90 Å². The Balaban J connectivity index is 1.43. The number of likely N-dealkylation sites (tertiary alicyclic amines) is 1. The fourth-order valence-electron chi connectivity index (χ4n) is 3.75. The van der Waals surface area contributed by atoms with E-state index in [0.717, 1.165) is 25.6 Å². The Kier molecular flexibility index (Phi) is 4.86. The molecule has 138 valence electrons. The van der Waals surface area contributed by atoms with Gasteiger partial charge in [-0.3, -0.25) is 9.59 Å². The van der Waals surface area contributed by atoms with E-state index in [1.165, 1.54) is 24.0 Å². The summed E-state index contributed by atoms with van der Waals surface area (Å²) in [6.07, 6.45) is 2.51. The third-order valence-electron chi connectivity index (χ3n) is 5.25. The molecule has 1 aromatic heterocycles. The summed E-state index contributed by atoms with van der Waals surface area (Å²) in [6.45, 7) is 2.42. The SMILES string of the molecule is O=C(CCN1CCC(c2ccccc2)C1)c1cc2c(=O)ccoc2cc1F. The molecule has 0 saturated carbocycles. The van der Waals surface area contributed by atoms with Crippen LogP contribution in [0.15, 0.2) is 64.0 Å². The van der Waals surface area contributed by atoms with Crippen LogP contribution in [0.5, 0.6) is 0 Å². The zero-order chi connectivity index (χ0) is 18.8. The molecular formula is C22H20FNO3. The van der Waals surface area contributed by atoms with Crippen LogP contribution in [0.2, 0.25) is 0 Å². The predicted octanol–water partition coefficient (Wildman–Crippen LogP) is 3.99. The smallest absolute Gasteiger partial charge is 0.192 e. The quantitative estimate of drug-likeness (QED) is 0.642. The maximum absolute atomic E-state index is 14.3. The Hall–Kier alpha value is -2.79. The second-order valence-electron chi connectivity index (χ2n) is 6.98. The molecule has 1 fully saturated rings. The molecule has 0 bridgehead atoms. The van der Waals surface area contributed by atoms with Crippen molar-refractivity contribution in [3.63, 3.8) is 0 Å². The number of rotatable bonds is 5. The van der Waals surface area contributed by atoms with Crippen molar-refractivity contribution < 1.29 is 13.6 Å². The summed E-state index contributed by atoms with van der Waals surface area (Å²) in [5, 5.41) is 0.229. The van der Waals surface area contributed by atoms with Gasteiger partial charge in [0, 0.05) is 31.6 Å². The number of carbonyl (C=O) groups excluding carboxylic acids is 1. The lowest BCUT2D eigenvalue weighted by molar-refractivity contribution is 0.0965. The zero-order valence-electron chi connectivity index (χ0n) is 14.9. The number of hydrogen-bond donors (Lipinski definition) is 0. The summed E-state index contributed by atoms with van der Waals surface area (Å²) in [5.41, 5.74) is 1.15. The second kappa shape index (κ2) is 7.45. The molecular weight excluding hydrogens is 345 g/mol. The first-order chi connectivity index (χ1) is 13.1. The highest BCUT2D eigenvalue weighted by Crippen LogP contribution is 2.27. The summed E-state index contributed by atoms with van der Waals surface area (Å²) < 4.78 is 19.4. The molecule has 1 aliphatic rings. The molecule has 2 aromatic carbocycles. The summed E-state index contributed by atoms with van der Waals surface area (Å²) >= 11 is 0. The van der Waals surface area contributed by atoms with E-state index >= 15 is 0 Å².